The smallest absolute Gasteiger partial charge is 0.152 e. The lowest BCUT2D eigenvalue weighted by molar-refractivity contribution is 0.315. The fourth-order valence-corrected chi connectivity index (χ4v) is 7.33. The molecule has 0 saturated carbocycles. The molecule has 15 heterocycles. The van der Waals surface area contributed by atoms with E-state index in [1.807, 2.05) is 0 Å². The third-order valence-electron chi connectivity index (χ3n) is 9.85. The van der Waals surface area contributed by atoms with E-state index < -0.39 is 0 Å². The van der Waals surface area contributed by atoms with Gasteiger partial charge in [-0.2, -0.15) is 0 Å². The van der Waals surface area contributed by atoms with Crippen molar-refractivity contribution in [2.24, 2.45) is 0 Å². The van der Waals surface area contributed by atoms with Gasteiger partial charge < -0.3 is 19.4 Å². The highest BCUT2D eigenvalue weighted by Crippen LogP contribution is 2.45. The van der Waals surface area contributed by atoms with Crippen LogP contribution in [0.3, 0.4) is 0 Å². The predicted octanol–water partition coefficient (Wildman–Crippen LogP) is 10.5. The van der Waals surface area contributed by atoms with Gasteiger partial charge in [0.15, 0.2) is 11.5 Å². The van der Waals surface area contributed by atoms with Gasteiger partial charge in [0.1, 0.15) is 11.0 Å². The summed E-state index contributed by atoms with van der Waals surface area (Å²) in [6.45, 7) is 0. The normalized spacial score (nSPS) is 11.9. The van der Waals surface area contributed by atoms with Gasteiger partial charge in [-0.05, 0) is 67.0 Å². The molecule has 12 aliphatic heterocycles. The highest BCUT2D eigenvalue weighted by atomic mass is 16.6. The van der Waals surface area contributed by atoms with Gasteiger partial charge in [0.25, 0.3) is 0 Å². The number of nitrogens with zero attached hydrogens (tertiary/aromatic N) is 2. The van der Waals surface area contributed by atoms with Crippen LogP contribution in [0.5, 0.6) is 11.5 Å². The summed E-state index contributed by atoms with van der Waals surface area (Å²) in [6, 6.07) is 42.7. The molecule has 0 unspecified atom stereocenters. The zero-order valence-corrected chi connectivity index (χ0v) is 26.7. The molecule has 2 N–H and O–H groups in total. The number of aromatic amines is 2. The molecule has 16 bridgehead atoms. The zero-order chi connectivity index (χ0) is 32.6. The number of aromatic nitrogens is 4. The highest BCUT2D eigenvalue weighted by Gasteiger charge is 2.21. The topological polar surface area (TPSA) is 89.0 Å². The molecule has 0 fully saturated rings. The molecule has 9 aromatic rings. The second-order valence-electron chi connectivity index (χ2n) is 12.4. The number of hydrogen-bond acceptors (Lipinski definition) is 5. The van der Waals surface area contributed by atoms with Crippen LogP contribution in [0.15, 0.2) is 126 Å². The van der Waals surface area contributed by atoms with Crippen molar-refractivity contribution in [1.82, 2.24) is 20.3 Å². The lowest BCUT2D eigenvalue weighted by Crippen LogP contribution is -1.90. The second-order valence-corrected chi connectivity index (χ2v) is 12.4. The van der Waals surface area contributed by atoms with Crippen molar-refractivity contribution < 1.29 is 14.1 Å². The van der Waals surface area contributed by atoms with E-state index in [1.54, 1.807) is 14.2 Å². The second kappa shape index (κ2) is 10.5. The van der Waals surface area contributed by atoms with Crippen molar-refractivity contribution in [3.05, 3.63) is 121 Å². The monoisotopic (exact) mass is 636 g/mol. The molecular weight excluding hydrogens is 608 g/mol. The Kier molecular flexibility index (Phi) is 5.87. The number of hydrogen-bond donors (Lipinski definition) is 2. The highest BCUT2D eigenvalue weighted by molar-refractivity contribution is 6.11. The summed E-state index contributed by atoms with van der Waals surface area (Å²) < 4.78 is 17.4. The zero-order valence-electron chi connectivity index (χ0n) is 26.7. The number of benzene rings is 6. The van der Waals surface area contributed by atoms with Gasteiger partial charge in [0, 0.05) is 33.3 Å². The maximum Gasteiger partial charge on any atom is 0.152 e. The van der Waals surface area contributed by atoms with Gasteiger partial charge in [-0.3, -0.25) is 0 Å². The van der Waals surface area contributed by atoms with E-state index >= 15 is 0 Å². The van der Waals surface area contributed by atoms with Gasteiger partial charge in [0.2, 0.25) is 0 Å². The SMILES string of the molecule is COc1c2cc3[nH]c2c(OC)c2cc([nH]c12)-c1ccc(cc1)-c1ccc(cc1)-c1ccc(c2nonc12)-c1ccc(cc1)-c1ccc-3cc1. The minimum atomic E-state index is 0.743. The van der Waals surface area contributed by atoms with Gasteiger partial charge in [-0.1, -0.05) is 109 Å². The van der Waals surface area contributed by atoms with Crippen LogP contribution in [0.4, 0.5) is 0 Å². The van der Waals surface area contributed by atoms with Gasteiger partial charge >= 0.3 is 0 Å². The molecule has 6 aromatic carbocycles. The van der Waals surface area contributed by atoms with E-state index in [2.05, 4.69) is 142 Å². The van der Waals surface area contributed by atoms with Crippen LogP contribution in [0.25, 0.3) is 99.9 Å². The van der Waals surface area contributed by atoms with Crippen LogP contribution in [-0.2, 0) is 0 Å². The molecular formula is C42H28N4O3. The fourth-order valence-electron chi connectivity index (χ4n) is 7.33. The first kappa shape index (κ1) is 27.5. The number of ether oxygens (including phenoxy) is 2. The Balaban J connectivity index is 1.18. The van der Waals surface area contributed by atoms with Crippen molar-refractivity contribution in [3.63, 3.8) is 0 Å². The van der Waals surface area contributed by atoms with E-state index in [0.29, 0.717) is 0 Å². The lowest BCUT2D eigenvalue weighted by atomic mass is 9.95. The largest absolute Gasteiger partial charge is 0.494 e. The van der Waals surface area contributed by atoms with E-state index in [0.717, 1.165) is 111 Å². The van der Waals surface area contributed by atoms with Gasteiger partial charge in [-0.25, -0.2) is 4.63 Å². The van der Waals surface area contributed by atoms with Crippen molar-refractivity contribution in [2.45, 2.75) is 0 Å². The first-order valence-electron chi connectivity index (χ1n) is 16.1. The summed E-state index contributed by atoms with van der Waals surface area (Å²) in [6.07, 6.45) is 0. The molecule has 0 radical (unpaired) electrons. The summed E-state index contributed by atoms with van der Waals surface area (Å²) in [5, 5.41) is 10.5. The Bertz CT molecular complexity index is 2460. The summed E-state index contributed by atoms with van der Waals surface area (Å²) in [5.41, 5.74) is 15.9. The quantitative estimate of drug-likeness (QED) is 0.197. The Morgan fingerprint density at radius 2 is 0.755 bits per heavy atom. The predicted molar refractivity (Wildman–Crippen MR) is 195 cm³/mol. The van der Waals surface area contributed by atoms with Crippen LogP contribution < -0.4 is 9.47 Å². The summed E-state index contributed by atoms with van der Waals surface area (Å²) >= 11 is 0. The molecule has 0 atom stereocenters. The summed E-state index contributed by atoms with van der Waals surface area (Å²) in [7, 11) is 3.43. The molecule has 0 saturated heterocycles. The Labute approximate surface area is 280 Å². The Morgan fingerprint density at radius 1 is 0.429 bits per heavy atom. The molecule has 7 nitrogen and oxygen atoms in total. The standard InChI is InChI=1S/C42H28N4O3/c1-47-41-33-21-35-29-15-7-25(8-16-29)23-3-11-27(12-4-23)31-19-20-32(38-37(31)45-49-46-38)28-13-5-24(6-14-28)26-9-17-30(18-10-26)36-22-34(39(41)43-36)42(48-2)40(33)44-35/h3-22,43-44H,1-2H3. The molecule has 21 rings (SSSR count). The van der Waals surface area contributed by atoms with E-state index in [1.165, 1.54) is 0 Å². The van der Waals surface area contributed by atoms with Crippen LogP contribution in [-0.4, -0.2) is 34.5 Å². The Hall–Kier alpha value is -6.60. The van der Waals surface area contributed by atoms with Gasteiger partial charge in [0.05, 0.1) is 25.3 Å². The van der Waals surface area contributed by atoms with E-state index in [-0.39, 0.29) is 0 Å². The van der Waals surface area contributed by atoms with E-state index in [4.69, 9.17) is 14.1 Å². The molecule has 7 heteroatoms. The molecule has 0 spiro atoms. The Morgan fingerprint density at radius 3 is 1.10 bits per heavy atom. The van der Waals surface area contributed by atoms with Crippen molar-refractivity contribution >= 4 is 32.8 Å². The molecule has 49 heavy (non-hydrogen) atoms. The average molecular weight is 637 g/mol. The third kappa shape index (κ3) is 4.15. The molecule has 12 aliphatic rings. The number of H-pyrrole nitrogens is 2. The minimum absolute atomic E-state index is 0.743. The number of nitrogens with one attached hydrogen (secondary N) is 2. The van der Waals surface area contributed by atoms with Crippen LogP contribution in [0.2, 0.25) is 0 Å². The summed E-state index contributed by atoms with van der Waals surface area (Å²) in [5.74, 6) is 1.55. The van der Waals surface area contributed by atoms with Crippen molar-refractivity contribution in [2.75, 3.05) is 14.2 Å². The first-order chi connectivity index (χ1) is 24.2. The molecule has 0 amide bonds. The minimum Gasteiger partial charge on any atom is -0.494 e. The van der Waals surface area contributed by atoms with Crippen LogP contribution >= 0.6 is 0 Å². The summed E-state index contributed by atoms with van der Waals surface area (Å²) in [4.78, 5) is 7.27. The molecule has 234 valence electrons. The maximum atomic E-state index is 6.04. The van der Waals surface area contributed by atoms with E-state index in [9.17, 15) is 0 Å². The number of methoxy groups -OCH3 is 2. The first-order valence-corrected chi connectivity index (χ1v) is 16.1. The van der Waals surface area contributed by atoms with Gasteiger partial charge in [-0.15, -0.1) is 0 Å². The van der Waals surface area contributed by atoms with Crippen LogP contribution in [0.1, 0.15) is 0 Å². The average Bonchev–Trinajstić information content (AvgIpc) is 3.93. The molecule has 3 aromatic heterocycles. The lowest BCUT2D eigenvalue weighted by Gasteiger charge is -2.09. The third-order valence-corrected chi connectivity index (χ3v) is 9.85. The van der Waals surface area contributed by atoms with Crippen molar-refractivity contribution in [3.8, 4) is 78.5 Å². The fraction of sp³-hybridized carbons (Fsp3) is 0.0476. The number of rotatable bonds is 2. The van der Waals surface area contributed by atoms with Crippen LogP contribution in [0, 0.1) is 0 Å². The maximum absolute atomic E-state index is 6.04. The molecule has 0 aliphatic carbocycles. The van der Waals surface area contributed by atoms with Crippen molar-refractivity contribution in [1.29, 1.82) is 0 Å².